The summed E-state index contributed by atoms with van der Waals surface area (Å²) in [5.74, 6) is 1.00. The van der Waals surface area contributed by atoms with Crippen LogP contribution in [-0.4, -0.2) is 53.5 Å². The van der Waals surface area contributed by atoms with Gasteiger partial charge in [0.05, 0.1) is 6.61 Å². The SMILES string of the molecule is CCOc1ccc(CN2CCN(C(=O)CCc3c(C)[nH]c(=O)c(C#N)c3C)CC2)cc1. The smallest absolute Gasteiger partial charge is 0.266 e. The zero-order valence-electron chi connectivity index (χ0n) is 18.5. The monoisotopic (exact) mass is 422 g/mol. The lowest BCUT2D eigenvalue weighted by Crippen LogP contribution is -2.48. The summed E-state index contributed by atoms with van der Waals surface area (Å²) in [5, 5.41) is 9.21. The number of piperazine rings is 1. The van der Waals surface area contributed by atoms with Gasteiger partial charge >= 0.3 is 0 Å². The molecule has 7 nitrogen and oxygen atoms in total. The van der Waals surface area contributed by atoms with Gasteiger partial charge in [0.15, 0.2) is 0 Å². The number of pyridine rings is 1. The Bertz CT molecular complexity index is 1010. The van der Waals surface area contributed by atoms with E-state index in [1.54, 1.807) is 6.92 Å². The largest absolute Gasteiger partial charge is 0.494 e. The molecule has 7 heteroatoms. The predicted octanol–water partition coefficient (Wildman–Crippen LogP) is 2.54. The molecule has 1 aromatic heterocycles. The third kappa shape index (κ3) is 5.53. The minimum atomic E-state index is -0.365. The molecule has 2 heterocycles. The van der Waals surface area contributed by atoms with Crippen molar-refractivity contribution in [2.24, 2.45) is 0 Å². The van der Waals surface area contributed by atoms with Gasteiger partial charge in [0, 0.05) is 44.8 Å². The minimum absolute atomic E-state index is 0.115. The summed E-state index contributed by atoms with van der Waals surface area (Å²) in [5.41, 5.74) is 3.30. The Morgan fingerprint density at radius 1 is 1.16 bits per heavy atom. The quantitative estimate of drug-likeness (QED) is 0.741. The molecule has 0 saturated carbocycles. The topological polar surface area (TPSA) is 89.4 Å². The maximum Gasteiger partial charge on any atom is 0.266 e. The van der Waals surface area contributed by atoms with E-state index in [0.717, 1.165) is 36.6 Å². The predicted molar refractivity (Wildman–Crippen MR) is 119 cm³/mol. The van der Waals surface area contributed by atoms with E-state index in [1.165, 1.54) is 5.56 Å². The van der Waals surface area contributed by atoms with Crippen LogP contribution < -0.4 is 10.3 Å². The Morgan fingerprint density at radius 2 is 1.84 bits per heavy atom. The van der Waals surface area contributed by atoms with Gasteiger partial charge in [0.2, 0.25) is 5.91 Å². The van der Waals surface area contributed by atoms with E-state index in [-0.39, 0.29) is 17.0 Å². The molecule has 164 valence electrons. The van der Waals surface area contributed by atoms with Crippen LogP contribution in [0.1, 0.15) is 41.3 Å². The molecule has 0 bridgehead atoms. The Balaban J connectivity index is 1.51. The normalized spacial score (nSPS) is 14.3. The molecule has 0 spiro atoms. The summed E-state index contributed by atoms with van der Waals surface area (Å²) >= 11 is 0. The zero-order valence-corrected chi connectivity index (χ0v) is 18.5. The van der Waals surface area contributed by atoms with Crippen LogP contribution in [0.3, 0.4) is 0 Å². The number of carbonyl (C=O) groups excluding carboxylic acids is 1. The van der Waals surface area contributed by atoms with Crippen LogP contribution in [-0.2, 0) is 17.8 Å². The molecule has 2 aromatic rings. The lowest BCUT2D eigenvalue weighted by Gasteiger charge is -2.35. The molecule has 1 aliphatic heterocycles. The van der Waals surface area contributed by atoms with E-state index in [0.29, 0.717) is 38.1 Å². The average Bonchev–Trinajstić information content (AvgIpc) is 2.75. The van der Waals surface area contributed by atoms with Crippen molar-refractivity contribution < 1.29 is 9.53 Å². The van der Waals surface area contributed by atoms with Crippen molar-refractivity contribution in [2.45, 2.75) is 40.2 Å². The molecule has 1 fully saturated rings. The number of nitrogens with one attached hydrogen (secondary N) is 1. The number of hydrogen-bond donors (Lipinski definition) is 1. The highest BCUT2D eigenvalue weighted by Crippen LogP contribution is 2.17. The highest BCUT2D eigenvalue weighted by Gasteiger charge is 2.22. The van der Waals surface area contributed by atoms with Crippen molar-refractivity contribution in [3.63, 3.8) is 0 Å². The van der Waals surface area contributed by atoms with Crippen LogP contribution in [0.15, 0.2) is 29.1 Å². The minimum Gasteiger partial charge on any atom is -0.494 e. The van der Waals surface area contributed by atoms with E-state index < -0.39 is 0 Å². The third-order valence-electron chi connectivity index (χ3n) is 5.87. The number of rotatable bonds is 7. The van der Waals surface area contributed by atoms with Gasteiger partial charge in [-0.05, 0) is 56.0 Å². The first-order chi connectivity index (χ1) is 14.9. The van der Waals surface area contributed by atoms with Crippen LogP contribution in [0.2, 0.25) is 0 Å². The molecule has 0 aliphatic carbocycles. The summed E-state index contributed by atoms with van der Waals surface area (Å²) < 4.78 is 5.49. The van der Waals surface area contributed by atoms with Gasteiger partial charge in [-0.25, -0.2) is 0 Å². The molecule has 1 amide bonds. The van der Waals surface area contributed by atoms with Gasteiger partial charge in [0.25, 0.3) is 5.56 Å². The van der Waals surface area contributed by atoms with Gasteiger partial charge in [0.1, 0.15) is 17.4 Å². The number of aryl methyl sites for hydroxylation is 1. The maximum atomic E-state index is 12.7. The van der Waals surface area contributed by atoms with E-state index in [2.05, 4.69) is 22.0 Å². The second-order valence-electron chi connectivity index (χ2n) is 7.90. The molecule has 1 saturated heterocycles. The molecule has 1 aromatic carbocycles. The summed E-state index contributed by atoms with van der Waals surface area (Å²) in [6.45, 7) is 10.2. The van der Waals surface area contributed by atoms with E-state index in [1.807, 2.05) is 36.9 Å². The fourth-order valence-electron chi connectivity index (χ4n) is 4.08. The Kier molecular flexibility index (Phi) is 7.48. The van der Waals surface area contributed by atoms with Gasteiger partial charge < -0.3 is 14.6 Å². The number of hydrogen-bond acceptors (Lipinski definition) is 5. The zero-order chi connectivity index (χ0) is 22.4. The summed E-state index contributed by atoms with van der Waals surface area (Å²) in [6.07, 6.45) is 0.895. The molecule has 0 radical (unpaired) electrons. The summed E-state index contributed by atoms with van der Waals surface area (Å²) in [7, 11) is 0. The van der Waals surface area contributed by atoms with Crippen molar-refractivity contribution in [2.75, 3.05) is 32.8 Å². The van der Waals surface area contributed by atoms with Gasteiger partial charge in [-0.2, -0.15) is 5.26 Å². The summed E-state index contributed by atoms with van der Waals surface area (Å²) in [4.78, 5) is 31.6. The van der Waals surface area contributed by atoms with E-state index >= 15 is 0 Å². The number of ether oxygens (including phenoxy) is 1. The van der Waals surface area contributed by atoms with Crippen LogP contribution in [0, 0.1) is 25.2 Å². The molecule has 0 unspecified atom stereocenters. The molecular weight excluding hydrogens is 392 g/mol. The second kappa shape index (κ2) is 10.3. The highest BCUT2D eigenvalue weighted by atomic mass is 16.5. The van der Waals surface area contributed by atoms with Crippen LogP contribution in [0.5, 0.6) is 5.75 Å². The van der Waals surface area contributed by atoms with Gasteiger partial charge in [-0.3, -0.25) is 14.5 Å². The molecule has 1 aliphatic rings. The van der Waals surface area contributed by atoms with Crippen molar-refractivity contribution in [1.29, 1.82) is 5.26 Å². The van der Waals surface area contributed by atoms with Crippen LogP contribution in [0.4, 0.5) is 0 Å². The lowest BCUT2D eigenvalue weighted by atomic mass is 9.99. The van der Waals surface area contributed by atoms with Crippen molar-refractivity contribution in [1.82, 2.24) is 14.8 Å². The average molecular weight is 423 g/mol. The number of aromatic amines is 1. The lowest BCUT2D eigenvalue weighted by molar-refractivity contribution is -0.133. The number of amides is 1. The molecule has 31 heavy (non-hydrogen) atoms. The van der Waals surface area contributed by atoms with Crippen LogP contribution in [0.25, 0.3) is 0 Å². The first kappa shape index (κ1) is 22.6. The maximum absolute atomic E-state index is 12.7. The van der Waals surface area contributed by atoms with Gasteiger partial charge in [-0.15, -0.1) is 0 Å². The highest BCUT2D eigenvalue weighted by molar-refractivity contribution is 5.76. The fraction of sp³-hybridized carbons (Fsp3) is 0.458. The van der Waals surface area contributed by atoms with Gasteiger partial charge in [-0.1, -0.05) is 12.1 Å². The molecular formula is C24H30N4O3. The van der Waals surface area contributed by atoms with Crippen molar-refractivity contribution >= 4 is 5.91 Å². The first-order valence-corrected chi connectivity index (χ1v) is 10.8. The summed E-state index contributed by atoms with van der Waals surface area (Å²) in [6, 6.07) is 10.1. The number of H-pyrrole nitrogens is 1. The number of benzene rings is 1. The third-order valence-corrected chi connectivity index (χ3v) is 5.87. The number of nitriles is 1. The van der Waals surface area contributed by atoms with E-state index in [9.17, 15) is 14.9 Å². The fourth-order valence-corrected chi connectivity index (χ4v) is 4.08. The molecule has 3 rings (SSSR count). The number of carbonyl (C=O) groups is 1. The standard InChI is InChI=1S/C24H30N4O3/c1-4-31-20-7-5-19(6-8-20)16-27-11-13-28(14-12-27)23(29)10-9-21-17(2)22(15-25)24(30)26-18(21)3/h5-8H,4,9-14,16H2,1-3H3,(H,26,30). The number of nitrogens with zero attached hydrogens (tertiary/aromatic N) is 3. The Labute approximate surface area is 183 Å². The van der Waals surface area contributed by atoms with Crippen molar-refractivity contribution in [3.8, 4) is 11.8 Å². The molecule has 0 atom stereocenters. The Hall–Kier alpha value is -3.11. The number of aromatic nitrogens is 1. The first-order valence-electron chi connectivity index (χ1n) is 10.8. The van der Waals surface area contributed by atoms with Crippen molar-refractivity contribution in [3.05, 3.63) is 62.6 Å². The van der Waals surface area contributed by atoms with Crippen LogP contribution >= 0.6 is 0 Å². The van der Waals surface area contributed by atoms with E-state index in [4.69, 9.17) is 4.74 Å². The Morgan fingerprint density at radius 3 is 2.45 bits per heavy atom. The molecule has 1 N–H and O–H groups in total. The second-order valence-corrected chi connectivity index (χ2v) is 7.90.